The van der Waals surface area contributed by atoms with E-state index in [9.17, 15) is 9.90 Å². The zero-order valence-corrected chi connectivity index (χ0v) is 13.8. The zero-order valence-electron chi connectivity index (χ0n) is 13.8. The van der Waals surface area contributed by atoms with E-state index in [1.54, 1.807) is 16.7 Å². The van der Waals surface area contributed by atoms with Crippen LogP contribution in [0.15, 0.2) is 52.8 Å². The number of fused-ring (bicyclic) bond motifs is 1. The van der Waals surface area contributed by atoms with Crippen LogP contribution in [0.2, 0.25) is 0 Å². The van der Waals surface area contributed by atoms with Gasteiger partial charge < -0.3 is 9.67 Å². The van der Waals surface area contributed by atoms with Crippen molar-refractivity contribution in [3.05, 3.63) is 53.9 Å². The summed E-state index contributed by atoms with van der Waals surface area (Å²) in [5, 5.41) is 19.0. The van der Waals surface area contributed by atoms with Crippen LogP contribution in [-0.2, 0) is 0 Å². The van der Waals surface area contributed by atoms with Crippen molar-refractivity contribution >= 4 is 22.5 Å². The monoisotopic (exact) mass is 322 g/mol. The Morgan fingerprint density at radius 1 is 1.21 bits per heavy atom. The van der Waals surface area contributed by atoms with Gasteiger partial charge in [-0.1, -0.05) is 18.2 Å². The first-order chi connectivity index (χ1) is 11.5. The summed E-state index contributed by atoms with van der Waals surface area (Å²) < 4.78 is 1.77. The Kier molecular flexibility index (Phi) is 4.12. The van der Waals surface area contributed by atoms with Gasteiger partial charge >= 0.3 is 0 Å². The maximum atomic E-state index is 12.1. The van der Waals surface area contributed by atoms with Crippen molar-refractivity contribution in [1.29, 1.82) is 0 Å². The highest BCUT2D eigenvalue weighted by Gasteiger charge is 2.18. The van der Waals surface area contributed by atoms with Crippen LogP contribution in [0, 0.1) is 6.92 Å². The topological polar surface area (TPSA) is 79.8 Å². The Morgan fingerprint density at radius 2 is 1.96 bits per heavy atom. The molecule has 1 N–H and O–H groups in total. The zero-order chi connectivity index (χ0) is 17.3. The number of carbonyl (C=O) groups is 1. The lowest BCUT2D eigenvalue weighted by atomic mass is 10.2. The van der Waals surface area contributed by atoms with Crippen molar-refractivity contribution in [1.82, 2.24) is 9.55 Å². The highest BCUT2D eigenvalue weighted by Crippen LogP contribution is 2.40. The Bertz CT molecular complexity index is 924. The van der Waals surface area contributed by atoms with Crippen LogP contribution in [0.5, 0.6) is 5.88 Å². The number of aromatic hydroxyl groups is 1. The number of nitrogens with zero attached hydrogens (tertiary/aromatic N) is 4. The van der Waals surface area contributed by atoms with Crippen LogP contribution in [0.4, 0.5) is 5.69 Å². The van der Waals surface area contributed by atoms with Gasteiger partial charge in [0.15, 0.2) is 5.69 Å². The maximum absolute atomic E-state index is 12.1. The lowest BCUT2D eigenvalue weighted by Gasteiger charge is -2.10. The molecule has 0 radical (unpaired) electrons. The molecule has 0 aliphatic rings. The lowest BCUT2D eigenvalue weighted by Crippen LogP contribution is -1.98. The maximum Gasteiger partial charge on any atom is 0.296 e. The van der Waals surface area contributed by atoms with Gasteiger partial charge in [0.05, 0.1) is 11.1 Å². The number of azo groups is 1. The van der Waals surface area contributed by atoms with Crippen molar-refractivity contribution in [2.75, 3.05) is 0 Å². The van der Waals surface area contributed by atoms with Gasteiger partial charge in [-0.3, -0.25) is 9.78 Å². The van der Waals surface area contributed by atoms with E-state index in [0.29, 0.717) is 11.3 Å². The first kappa shape index (κ1) is 15.9. The molecule has 0 aliphatic heterocycles. The molecule has 0 unspecified atom stereocenters. The smallest absolute Gasteiger partial charge is 0.296 e. The SMILES string of the molecule is Cc1ccc(C(=O)N=Nc2c(O)n(C(C)C)c3ccccc23)cn1. The number of para-hydroxylation sites is 1. The molecule has 0 saturated carbocycles. The first-order valence-corrected chi connectivity index (χ1v) is 7.69. The van der Waals surface area contributed by atoms with E-state index >= 15 is 0 Å². The van der Waals surface area contributed by atoms with Crippen molar-refractivity contribution < 1.29 is 9.90 Å². The van der Waals surface area contributed by atoms with E-state index in [-0.39, 0.29) is 11.9 Å². The lowest BCUT2D eigenvalue weighted by molar-refractivity contribution is 0.0994. The van der Waals surface area contributed by atoms with Gasteiger partial charge in [0.2, 0.25) is 5.88 Å². The largest absolute Gasteiger partial charge is 0.493 e. The molecule has 1 aromatic carbocycles. The quantitative estimate of drug-likeness (QED) is 0.718. The molecule has 2 aromatic heterocycles. The third-order valence-corrected chi connectivity index (χ3v) is 3.77. The van der Waals surface area contributed by atoms with Crippen molar-refractivity contribution in [2.45, 2.75) is 26.8 Å². The van der Waals surface area contributed by atoms with Crippen LogP contribution < -0.4 is 0 Å². The number of carbonyl (C=O) groups excluding carboxylic acids is 1. The van der Waals surface area contributed by atoms with Crippen LogP contribution >= 0.6 is 0 Å². The Hall–Kier alpha value is -3.02. The second-order valence-corrected chi connectivity index (χ2v) is 5.85. The molecule has 0 atom stereocenters. The first-order valence-electron chi connectivity index (χ1n) is 7.69. The van der Waals surface area contributed by atoms with E-state index < -0.39 is 5.91 Å². The fourth-order valence-electron chi connectivity index (χ4n) is 2.60. The van der Waals surface area contributed by atoms with E-state index in [2.05, 4.69) is 15.2 Å². The number of hydrogen-bond acceptors (Lipinski definition) is 4. The summed E-state index contributed by atoms with van der Waals surface area (Å²) in [5.41, 5.74) is 2.33. The number of aryl methyl sites for hydroxylation is 1. The number of aromatic nitrogens is 2. The molecule has 6 heteroatoms. The molecular formula is C18H18N4O2. The van der Waals surface area contributed by atoms with Gasteiger partial charge in [0.25, 0.3) is 5.91 Å². The third kappa shape index (κ3) is 2.78. The normalized spacial score (nSPS) is 11.7. The minimum Gasteiger partial charge on any atom is -0.493 e. The molecule has 0 aliphatic carbocycles. The van der Waals surface area contributed by atoms with Crippen LogP contribution in [0.25, 0.3) is 10.9 Å². The summed E-state index contributed by atoms with van der Waals surface area (Å²) in [5.74, 6) is -0.493. The predicted octanol–water partition coefficient (Wildman–Crippen LogP) is 4.56. The van der Waals surface area contributed by atoms with Crippen molar-refractivity contribution in [3.8, 4) is 5.88 Å². The highest BCUT2D eigenvalue weighted by atomic mass is 16.3. The number of amides is 1. The average molecular weight is 322 g/mol. The molecule has 2 heterocycles. The molecule has 0 bridgehead atoms. The summed E-state index contributed by atoms with van der Waals surface area (Å²) in [6, 6.07) is 10.9. The Morgan fingerprint density at radius 3 is 2.62 bits per heavy atom. The van der Waals surface area contributed by atoms with E-state index in [0.717, 1.165) is 16.6 Å². The molecule has 3 aromatic rings. The van der Waals surface area contributed by atoms with Gasteiger partial charge in [0.1, 0.15) is 0 Å². The van der Waals surface area contributed by atoms with Crippen molar-refractivity contribution in [2.24, 2.45) is 10.2 Å². The summed E-state index contributed by atoms with van der Waals surface area (Å²) in [6.07, 6.45) is 1.47. The van der Waals surface area contributed by atoms with Gasteiger partial charge in [-0.2, -0.15) is 0 Å². The fourth-order valence-corrected chi connectivity index (χ4v) is 2.60. The van der Waals surface area contributed by atoms with E-state index in [1.165, 1.54) is 6.20 Å². The van der Waals surface area contributed by atoms with E-state index in [1.807, 2.05) is 45.0 Å². The van der Waals surface area contributed by atoms with Crippen molar-refractivity contribution in [3.63, 3.8) is 0 Å². The van der Waals surface area contributed by atoms with Gasteiger partial charge in [-0.15, -0.1) is 10.2 Å². The summed E-state index contributed by atoms with van der Waals surface area (Å²) in [4.78, 5) is 16.2. The molecule has 0 spiro atoms. The van der Waals surface area contributed by atoms with Crippen LogP contribution in [-0.4, -0.2) is 20.6 Å². The summed E-state index contributed by atoms with van der Waals surface area (Å²) >= 11 is 0. The number of pyridine rings is 1. The standard InChI is InChI=1S/C18H18N4O2/c1-11(2)22-15-7-5-4-6-14(15)16(18(22)24)20-21-17(23)13-9-8-12(3)19-10-13/h4-11,24H,1-3H3. The molecule has 0 saturated heterocycles. The summed E-state index contributed by atoms with van der Waals surface area (Å²) in [6.45, 7) is 5.78. The van der Waals surface area contributed by atoms with Crippen LogP contribution in [0.1, 0.15) is 35.9 Å². The molecule has 0 fully saturated rings. The molecule has 3 rings (SSSR count). The Labute approximate surface area is 139 Å². The third-order valence-electron chi connectivity index (χ3n) is 3.77. The number of rotatable bonds is 3. The molecule has 122 valence electrons. The number of benzene rings is 1. The predicted molar refractivity (Wildman–Crippen MR) is 91.8 cm³/mol. The number of hydrogen-bond donors (Lipinski definition) is 1. The molecule has 6 nitrogen and oxygen atoms in total. The summed E-state index contributed by atoms with van der Waals surface area (Å²) in [7, 11) is 0. The minimum atomic E-state index is -0.497. The van der Waals surface area contributed by atoms with Gasteiger partial charge in [-0.25, -0.2) is 0 Å². The minimum absolute atomic E-state index is 0.00443. The molecule has 1 amide bonds. The van der Waals surface area contributed by atoms with E-state index in [4.69, 9.17) is 0 Å². The second-order valence-electron chi connectivity index (χ2n) is 5.85. The highest BCUT2D eigenvalue weighted by molar-refractivity contribution is 5.97. The average Bonchev–Trinajstić information content (AvgIpc) is 2.85. The van der Waals surface area contributed by atoms with Gasteiger partial charge in [0, 0.05) is 23.3 Å². The molecule has 24 heavy (non-hydrogen) atoms. The fraction of sp³-hybridized carbons (Fsp3) is 0.222. The van der Waals surface area contributed by atoms with Crippen LogP contribution in [0.3, 0.4) is 0 Å². The van der Waals surface area contributed by atoms with Gasteiger partial charge in [-0.05, 0) is 39.0 Å². The molecular weight excluding hydrogens is 304 g/mol. The Balaban J connectivity index is 2.02. The second kappa shape index (κ2) is 6.23.